The minimum absolute atomic E-state index is 0.433. The van der Waals surface area contributed by atoms with Crippen LogP contribution in [0.15, 0.2) is 47.4 Å². The minimum Gasteiger partial charge on any atom is -0.294 e. The average Bonchev–Trinajstić information content (AvgIpc) is 3.06. The number of aromatic nitrogens is 1. The highest BCUT2D eigenvalue weighted by molar-refractivity contribution is 7.89. The van der Waals surface area contributed by atoms with Crippen LogP contribution in [0.25, 0.3) is 10.2 Å². The number of hydrogen-bond donors (Lipinski definition) is 0. The number of para-hydroxylation sites is 1. The molecule has 0 amide bonds. The minimum atomic E-state index is -3.44. The zero-order valence-electron chi connectivity index (χ0n) is 15.6. The first-order valence-corrected chi connectivity index (χ1v) is 11.3. The number of aryl methyl sites for hydroxylation is 2. The van der Waals surface area contributed by atoms with Gasteiger partial charge in [-0.1, -0.05) is 24.3 Å². The molecule has 0 spiro atoms. The Balaban J connectivity index is 1.44. The lowest BCUT2D eigenvalue weighted by Gasteiger charge is -2.33. The highest BCUT2D eigenvalue weighted by Crippen LogP contribution is 2.25. The van der Waals surface area contributed by atoms with Crippen molar-refractivity contribution in [3.8, 4) is 0 Å². The van der Waals surface area contributed by atoms with Crippen LogP contribution in [0, 0.1) is 13.8 Å². The summed E-state index contributed by atoms with van der Waals surface area (Å²) in [6, 6.07) is 13.8. The molecule has 1 aliphatic rings. The van der Waals surface area contributed by atoms with Gasteiger partial charge in [0.15, 0.2) is 0 Å². The van der Waals surface area contributed by atoms with Crippen molar-refractivity contribution in [3.63, 3.8) is 0 Å². The van der Waals surface area contributed by atoms with E-state index in [1.165, 1.54) is 4.70 Å². The molecule has 7 heteroatoms. The summed E-state index contributed by atoms with van der Waals surface area (Å²) in [5, 5.41) is 1.09. The Morgan fingerprint density at radius 1 is 1.04 bits per heavy atom. The summed E-state index contributed by atoms with van der Waals surface area (Å²) in [7, 11) is -3.44. The lowest BCUT2D eigenvalue weighted by Crippen LogP contribution is -2.48. The molecule has 0 unspecified atom stereocenters. The second kappa shape index (κ2) is 7.31. The van der Waals surface area contributed by atoms with Crippen LogP contribution in [-0.4, -0.2) is 48.8 Å². The molecule has 2 heterocycles. The van der Waals surface area contributed by atoms with Crippen molar-refractivity contribution in [2.75, 3.05) is 26.2 Å². The molecule has 1 fully saturated rings. The molecule has 1 aromatic heterocycles. The van der Waals surface area contributed by atoms with Gasteiger partial charge in [-0.05, 0) is 43.2 Å². The largest absolute Gasteiger partial charge is 0.294 e. The standard InChI is InChI=1S/C20H23N3O2S2/c1-15-7-8-16(2)19(13-15)27(24,25)23-11-9-22(10-12-23)14-20-21-17-5-3-4-6-18(17)26-20/h3-8,13H,9-12,14H2,1-2H3. The third kappa shape index (κ3) is 3.78. The monoisotopic (exact) mass is 401 g/mol. The van der Waals surface area contributed by atoms with Gasteiger partial charge in [0.05, 0.1) is 21.7 Å². The number of thiazole rings is 1. The molecule has 2 aromatic carbocycles. The van der Waals surface area contributed by atoms with Gasteiger partial charge in [0.25, 0.3) is 0 Å². The van der Waals surface area contributed by atoms with Gasteiger partial charge in [0, 0.05) is 26.2 Å². The van der Waals surface area contributed by atoms with Crippen LogP contribution in [0.5, 0.6) is 0 Å². The summed E-state index contributed by atoms with van der Waals surface area (Å²) in [6.07, 6.45) is 0. The second-order valence-electron chi connectivity index (χ2n) is 7.02. The van der Waals surface area contributed by atoms with Gasteiger partial charge < -0.3 is 0 Å². The van der Waals surface area contributed by atoms with E-state index >= 15 is 0 Å². The fourth-order valence-corrected chi connectivity index (χ4v) is 6.17. The zero-order valence-corrected chi connectivity index (χ0v) is 17.2. The Bertz CT molecular complexity index is 1030. The maximum Gasteiger partial charge on any atom is 0.243 e. The molecular weight excluding hydrogens is 378 g/mol. The van der Waals surface area contributed by atoms with Crippen molar-refractivity contribution >= 4 is 31.6 Å². The van der Waals surface area contributed by atoms with E-state index in [9.17, 15) is 8.42 Å². The molecule has 27 heavy (non-hydrogen) atoms. The molecule has 142 valence electrons. The van der Waals surface area contributed by atoms with E-state index in [0.29, 0.717) is 18.0 Å². The summed E-state index contributed by atoms with van der Waals surface area (Å²) in [5.41, 5.74) is 2.81. The highest BCUT2D eigenvalue weighted by Gasteiger charge is 2.29. The van der Waals surface area contributed by atoms with Crippen molar-refractivity contribution in [2.24, 2.45) is 0 Å². The molecule has 0 atom stereocenters. The number of rotatable bonds is 4. The predicted octanol–water partition coefficient (Wildman–Crippen LogP) is 3.42. The molecule has 0 bridgehead atoms. The van der Waals surface area contributed by atoms with Crippen molar-refractivity contribution in [2.45, 2.75) is 25.3 Å². The fraction of sp³-hybridized carbons (Fsp3) is 0.350. The third-order valence-corrected chi connectivity index (χ3v) is 8.05. The Labute approximate surface area is 164 Å². The summed E-state index contributed by atoms with van der Waals surface area (Å²) < 4.78 is 28.9. The van der Waals surface area contributed by atoms with E-state index in [1.807, 2.05) is 44.2 Å². The van der Waals surface area contributed by atoms with E-state index in [-0.39, 0.29) is 0 Å². The molecule has 0 saturated carbocycles. The smallest absolute Gasteiger partial charge is 0.243 e. The van der Waals surface area contributed by atoms with Gasteiger partial charge in [-0.2, -0.15) is 4.31 Å². The van der Waals surface area contributed by atoms with Crippen molar-refractivity contribution < 1.29 is 8.42 Å². The van der Waals surface area contributed by atoms with Crippen LogP contribution >= 0.6 is 11.3 Å². The lowest BCUT2D eigenvalue weighted by atomic mass is 10.2. The van der Waals surface area contributed by atoms with Gasteiger partial charge in [-0.25, -0.2) is 13.4 Å². The van der Waals surface area contributed by atoms with E-state index in [2.05, 4.69) is 16.0 Å². The van der Waals surface area contributed by atoms with Crippen molar-refractivity contribution in [3.05, 3.63) is 58.6 Å². The van der Waals surface area contributed by atoms with Gasteiger partial charge >= 0.3 is 0 Å². The van der Waals surface area contributed by atoms with Crippen LogP contribution < -0.4 is 0 Å². The number of fused-ring (bicyclic) bond motifs is 1. The van der Waals surface area contributed by atoms with Crippen LogP contribution in [-0.2, 0) is 16.6 Å². The molecule has 4 rings (SSSR count). The predicted molar refractivity (Wildman–Crippen MR) is 110 cm³/mol. The van der Waals surface area contributed by atoms with E-state index in [0.717, 1.165) is 41.3 Å². The topological polar surface area (TPSA) is 53.5 Å². The molecule has 3 aromatic rings. The van der Waals surface area contributed by atoms with E-state index in [1.54, 1.807) is 21.7 Å². The van der Waals surface area contributed by atoms with Crippen LogP contribution in [0.4, 0.5) is 0 Å². The number of hydrogen-bond acceptors (Lipinski definition) is 5. The fourth-order valence-electron chi connectivity index (χ4n) is 3.43. The van der Waals surface area contributed by atoms with E-state index < -0.39 is 10.0 Å². The molecular formula is C20H23N3O2S2. The first-order chi connectivity index (χ1) is 12.9. The number of benzene rings is 2. The maximum absolute atomic E-state index is 13.0. The van der Waals surface area contributed by atoms with Gasteiger partial charge in [-0.3, -0.25) is 4.90 Å². The molecule has 0 N–H and O–H groups in total. The summed E-state index contributed by atoms with van der Waals surface area (Å²) in [4.78, 5) is 7.41. The molecule has 0 radical (unpaired) electrons. The second-order valence-corrected chi connectivity index (χ2v) is 10.0. The van der Waals surface area contributed by atoms with Crippen molar-refractivity contribution in [1.29, 1.82) is 0 Å². The quantitative estimate of drug-likeness (QED) is 0.672. The summed E-state index contributed by atoms with van der Waals surface area (Å²) in [5.74, 6) is 0. The first kappa shape index (κ1) is 18.6. The Morgan fingerprint density at radius 3 is 2.52 bits per heavy atom. The summed E-state index contributed by atoms with van der Waals surface area (Å²) in [6.45, 7) is 7.03. The van der Waals surface area contributed by atoms with Crippen LogP contribution in [0.1, 0.15) is 16.1 Å². The maximum atomic E-state index is 13.0. The lowest BCUT2D eigenvalue weighted by molar-refractivity contribution is 0.181. The number of nitrogens with zero attached hydrogens (tertiary/aromatic N) is 3. The SMILES string of the molecule is Cc1ccc(C)c(S(=O)(=O)N2CCN(Cc3nc4ccccc4s3)CC2)c1. The van der Waals surface area contributed by atoms with Gasteiger partial charge in [0.2, 0.25) is 10.0 Å². The Hall–Kier alpha value is -1.80. The molecule has 5 nitrogen and oxygen atoms in total. The number of sulfonamides is 1. The Kier molecular flexibility index (Phi) is 5.03. The highest BCUT2D eigenvalue weighted by atomic mass is 32.2. The third-order valence-electron chi connectivity index (χ3n) is 4.99. The van der Waals surface area contributed by atoms with Crippen molar-refractivity contribution in [1.82, 2.24) is 14.2 Å². The van der Waals surface area contributed by atoms with Crippen LogP contribution in [0.3, 0.4) is 0 Å². The first-order valence-electron chi connectivity index (χ1n) is 9.08. The number of piperazine rings is 1. The zero-order chi connectivity index (χ0) is 19.0. The van der Waals surface area contributed by atoms with E-state index in [4.69, 9.17) is 0 Å². The molecule has 0 aliphatic carbocycles. The molecule has 1 saturated heterocycles. The van der Waals surface area contributed by atoms with Gasteiger partial charge in [0.1, 0.15) is 5.01 Å². The van der Waals surface area contributed by atoms with Gasteiger partial charge in [-0.15, -0.1) is 11.3 Å². The normalized spacial score (nSPS) is 16.8. The molecule has 1 aliphatic heterocycles. The Morgan fingerprint density at radius 2 is 1.78 bits per heavy atom. The summed E-state index contributed by atoms with van der Waals surface area (Å²) >= 11 is 1.71. The average molecular weight is 402 g/mol. The van der Waals surface area contributed by atoms with Crippen LogP contribution in [0.2, 0.25) is 0 Å².